The second-order valence-corrected chi connectivity index (χ2v) is 20.2. The van der Waals surface area contributed by atoms with Gasteiger partial charge in [0.25, 0.3) is 0 Å². The van der Waals surface area contributed by atoms with Crippen LogP contribution < -0.4 is 9.64 Å². The van der Waals surface area contributed by atoms with Crippen molar-refractivity contribution in [3.05, 3.63) is 257 Å². The van der Waals surface area contributed by atoms with Gasteiger partial charge in [0.1, 0.15) is 11.5 Å². The maximum atomic E-state index is 6.56. The van der Waals surface area contributed by atoms with Crippen molar-refractivity contribution in [3.8, 4) is 44.9 Å². The van der Waals surface area contributed by atoms with Crippen molar-refractivity contribution in [2.45, 2.75) is 89.9 Å². The summed E-state index contributed by atoms with van der Waals surface area (Å²) >= 11 is 0. The topological polar surface area (TPSA) is 12.5 Å². The number of benzene rings is 9. The fraction of sp³-hybridized carbons (Fsp3) is 0.206. The Morgan fingerprint density at radius 3 is 1.60 bits per heavy atom. The molecule has 0 radical (unpaired) electrons. The van der Waals surface area contributed by atoms with Gasteiger partial charge in [-0.05, 0) is 164 Å². The molecule has 0 saturated carbocycles. The van der Waals surface area contributed by atoms with Gasteiger partial charge >= 0.3 is 0 Å². The molecule has 0 fully saturated rings. The highest BCUT2D eigenvalue weighted by molar-refractivity contribution is 5.91. The lowest BCUT2D eigenvalue weighted by molar-refractivity contribution is 0.481. The predicted molar refractivity (Wildman–Crippen MR) is 294 cm³/mol. The molecule has 0 bridgehead atoms. The first-order valence-electron chi connectivity index (χ1n) is 25.7. The predicted octanol–water partition coefficient (Wildman–Crippen LogP) is 18.9. The fourth-order valence-electron chi connectivity index (χ4n) is 11.6. The van der Waals surface area contributed by atoms with E-state index in [1.54, 1.807) is 0 Å². The zero-order chi connectivity index (χ0) is 47.8. The molecule has 0 spiro atoms. The molecule has 0 saturated heterocycles. The van der Waals surface area contributed by atoms with E-state index in [0.717, 1.165) is 41.4 Å². The molecule has 11 rings (SSSR count). The van der Waals surface area contributed by atoms with E-state index >= 15 is 0 Å². The summed E-state index contributed by atoms with van der Waals surface area (Å²) in [4.78, 5) is 2.48. The smallest absolute Gasteiger partial charge is 0.127 e. The van der Waals surface area contributed by atoms with Gasteiger partial charge in [0, 0.05) is 22.5 Å². The highest BCUT2D eigenvalue weighted by Crippen LogP contribution is 2.58. The molecule has 0 aromatic heterocycles. The van der Waals surface area contributed by atoms with Crippen molar-refractivity contribution in [3.63, 3.8) is 0 Å². The number of aryl methyl sites for hydroxylation is 1. The van der Waals surface area contributed by atoms with E-state index in [-0.39, 0.29) is 5.41 Å². The van der Waals surface area contributed by atoms with Gasteiger partial charge in [-0.25, -0.2) is 0 Å². The van der Waals surface area contributed by atoms with Crippen LogP contribution in [-0.2, 0) is 17.3 Å². The van der Waals surface area contributed by atoms with Gasteiger partial charge in [0.2, 0.25) is 0 Å². The Kier molecular flexibility index (Phi) is 12.1. The normalized spacial score (nSPS) is 15.4. The van der Waals surface area contributed by atoms with Gasteiger partial charge in [-0.2, -0.15) is 0 Å². The standard InChI is InChI=1S/C68H63NO/c1-6-8-9-11-18-48-25-31-52(32-26-48)68(53-33-41-58(42-34-53)70-57-39-29-49(30-40-57)47(3)7-2)64-24-17-15-22-60(64)62-44-38-56(46-66(62)68)69(54-35-27-51(28-36-54)50-19-12-10-13-20-50)55-37-43-61-59-21-14-16-23-63(59)67(4,5)65(61)45-55/h10,12-17,19-47H,6-9,11,18H2,1-5H3. The third-order valence-corrected chi connectivity index (χ3v) is 15.6. The van der Waals surface area contributed by atoms with E-state index in [9.17, 15) is 0 Å². The van der Waals surface area contributed by atoms with E-state index in [2.05, 4.69) is 252 Å². The van der Waals surface area contributed by atoms with Crippen molar-refractivity contribution < 1.29 is 4.74 Å². The number of hydrogen-bond donors (Lipinski definition) is 0. The SMILES string of the molecule is CCCCCCc1ccc(C2(c3ccc(Oc4ccc(C(C)CC)cc4)cc3)c3ccccc3-c3ccc(N(c4ccc(-c5ccccc5)cc4)c4ccc5c(c4)C(C)(C)c4ccccc4-5)cc32)cc1. The van der Waals surface area contributed by atoms with Crippen LogP contribution in [0, 0.1) is 0 Å². The van der Waals surface area contributed by atoms with Crippen molar-refractivity contribution in [2.75, 3.05) is 4.90 Å². The van der Waals surface area contributed by atoms with Crippen molar-refractivity contribution in [1.82, 2.24) is 0 Å². The number of unbranched alkanes of at least 4 members (excludes halogenated alkanes) is 3. The van der Waals surface area contributed by atoms with E-state index < -0.39 is 5.41 Å². The molecule has 0 amide bonds. The van der Waals surface area contributed by atoms with E-state index in [1.165, 1.54) is 104 Å². The Balaban J connectivity index is 1.08. The highest BCUT2D eigenvalue weighted by atomic mass is 16.5. The summed E-state index contributed by atoms with van der Waals surface area (Å²) in [6.45, 7) is 11.5. The molecule has 2 nitrogen and oxygen atoms in total. The largest absolute Gasteiger partial charge is 0.457 e. The highest BCUT2D eigenvalue weighted by Gasteiger charge is 2.46. The first-order valence-corrected chi connectivity index (χ1v) is 25.7. The Morgan fingerprint density at radius 1 is 0.443 bits per heavy atom. The second kappa shape index (κ2) is 18.8. The van der Waals surface area contributed by atoms with Gasteiger partial charge < -0.3 is 9.64 Å². The van der Waals surface area contributed by atoms with Crippen molar-refractivity contribution in [2.24, 2.45) is 0 Å². The summed E-state index contributed by atoms with van der Waals surface area (Å²) in [5.41, 5.74) is 20.7. The first-order chi connectivity index (χ1) is 34.3. The molecule has 346 valence electrons. The van der Waals surface area contributed by atoms with Crippen LogP contribution in [0.25, 0.3) is 33.4 Å². The lowest BCUT2D eigenvalue weighted by Gasteiger charge is -2.35. The molecule has 2 atom stereocenters. The van der Waals surface area contributed by atoms with Crippen LogP contribution in [0.4, 0.5) is 17.1 Å². The second-order valence-electron chi connectivity index (χ2n) is 20.2. The van der Waals surface area contributed by atoms with Gasteiger partial charge in [-0.1, -0.05) is 206 Å². The molecular formula is C68H63NO. The van der Waals surface area contributed by atoms with Gasteiger partial charge in [-0.3, -0.25) is 0 Å². The molecule has 9 aromatic rings. The maximum Gasteiger partial charge on any atom is 0.127 e. The monoisotopic (exact) mass is 909 g/mol. The Morgan fingerprint density at radius 2 is 0.957 bits per heavy atom. The third-order valence-electron chi connectivity index (χ3n) is 15.6. The molecular weight excluding hydrogens is 847 g/mol. The molecule has 2 unspecified atom stereocenters. The van der Waals surface area contributed by atoms with Gasteiger partial charge in [-0.15, -0.1) is 0 Å². The molecule has 70 heavy (non-hydrogen) atoms. The summed E-state index contributed by atoms with van der Waals surface area (Å²) in [5, 5.41) is 0. The fourth-order valence-corrected chi connectivity index (χ4v) is 11.6. The quantitative estimate of drug-likeness (QED) is 0.0951. The average molecular weight is 910 g/mol. The summed E-state index contributed by atoms with van der Waals surface area (Å²) in [6, 6.07) is 79.3. The maximum absolute atomic E-state index is 6.56. The van der Waals surface area contributed by atoms with Gasteiger partial charge in [0.05, 0.1) is 5.41 Å². The van der Waals surface area contributed by atoms with Crippen LogP contribution in [0.15, 0.2) is 212 Å². The number of hydrogen-bond acceptors (Lipinski definition) is 2. The van der Waals surface area contributed by atoms with E-state index in [1.807, 2.05) is 0 Å². The minimum absolute atomic E-state index is 0.144. The summed E-state index contributed by atoms with van der Waals surface area (Å²) in [5.74, 6) is 2.19. The minimum Gasteiger partial charge on any atom is -0.457 e. The number of anilines is 3. The molecule has 2 aliphatic rings. The summed E-state index contributed by atoms with van der Waals surface area (Å²) in [7, 11) is 0. The van der Waals surface area contributed by atoms with E-state index in [4.69, 9.17) is 4.74 Å². The number of ether oxygens (including phenoxy) is 1. The molecule has 0 aliphatic heterocycles. The number of fused-ring (bicyclic) bond motifs is 6. The number of rotatable bonds is 15. The Hall–Kier alpha value is -7.42. The van der Waals surface area contributed by atoms with Crippen LogP contribution in [0.3, 0.4) is 0 Å². The van der Waals surface area contributed by atoms with Gasteiger partial charge in [0.15, 0.2) is 0 Å². The third kappa shape index (κ3) is 7.94. The van der Waals surface area contributed by atoms with E-state index in [0.29, 0.717) is 5.92 Å². The van der Waals surface area contributed by atoms with Crippen molar-refractivity contribution >= 4 is 17.1 Å². The zero-order valence-corrected chi connectivity index (χ0v) is 41.4. The van der Waals surface area contributed by atoms with Crippen LogP contribution in [0.2, 0.25) is 0 Å². The molecule has 0 N–H and O–H groups in total. The Bertz CT molecular complexity index is 3270. The van der Waals surface area contributed by atoms with Crippen LogP contribution in [0.5, 0.6) is 11.5 Å². The molecule has 2 aliphatic carbocycles. The lowest BCUT2D eigenvalue weighted by Crippen LogP contribution is -2.29. The molecule has 2 heteroatoms. The molecule has 9 aromatic carbocycles. The Labute approximate surface area is 416 Å². The van der Waals surface area contributed by atoms with Crippen LogP contribution in [-0.4, -0.2) is 0 Å². The number of nitrogens with zero attached hydrogens (tertiary/aromatic N) is 1. The average Bonchev–Trinajstić information content (AvgIpc) is 3.83. The minimum atomic E-state index is -0.608. The first kappa shape index (κ1) is 45.0. The molecule has 0 heterocycles. The van der Waals surface area contributed by atoms with Crippen LogP contribution >= 0.6 is 0 Å². The van der Waals surface area contributed by atoms with Crippen molar-refractivity contribution in [1.29, 1.82) is 0 Å². The summed E-state index contributed by atoms with van der Waals surface area (Å²) in [6.07, 6.45) is 7.21. The zero-order valence-electron chi connectivity index (χ0n) is 41.4. The van der Waals surface area contributed by atoms with Crippen LogP contribution in [0.1, 0.15) is 117 Å². The lowest BCUT2D eigenvalue weighted by atomic mass is 9.67. The summed E-state index contributed by atoms with van der Waals surface area (Å²) < 4.78 is 6.56.